The highest BCUT2D eigenvalue weighted by Gasteiger charge is 2.39. The molecule has 4 rings (SSSR count). The minimum Gasteiger partial charge on any atom is -0.548 e. The number of amides is 1. The number of aliphatic carboxylic acids is 1. The Balaban J connectivity index is 1.70. The van der Waals surface area contributed by atoms with Crippen LogP contribution in [0.5, 0.6) is 0 Å². The van der Waals surface area contributed by atoms with Gasteiger partial charge in [-0.1, -0.05) is 24.3 Å². The number of hydrogen-bond acceptors (Lipinski definition) is 6. The summed E-state index contributed by atoms with van der Waals surface area (Å²) in [5.74, 6) is -1.29. The minimum atomic E-state index is -1.29. The number of carbonyl (C=O) groups is 2. The van der Waals surface area contributed by atoms with Crippen LogP contribution in [0.1, 0.15) is 49.2 Å². The number of carboxylic acids is 1. The number of carboxylic acid groups (broad SMARTS) is 1. The molecule has 0 N–H and O–H groups in total. The lowest BCUT2D eigenvalue weighted by molar-refractivity contribution is -0.312. The third kappa shape index (κ3) is 4.66. The highest BCUT2D eigenvalue weighted by atomic mass is 79.9. The fourth-order valence-corrected chi connectivity index (χ4v) is 4.91. The van der Waals surface area contributed by atoms with Crippen molar-refractivity contribution in [3.63, 3.8) is 0 Å². The lowest BCUT2D eigenvalue weighted by Crippen LogP contribution is -2.62. The Bertz CT molecular complexity index is 1040. The molecule has 170 valence electrons. The van der Waals surface area contributed by atoms with Crippen molar-refractivity contribution in [1.82, 2.24) is 14.8 Å². The topological polar surface area (TPSA) is 85.8 Å². The Morgan fingerprint density at radius 2 is 1.88 bits per heavy atom. The van der Waals surface area contributed by atoms with E-state index in [0.29, 0.717) is 6.54 Å². The van der Waals surface area contributed by atoms with E-state index in [1.165, 1.54) is 10.5 Å². The van der Waals surface area contributed by atoms with Gasteiger partial charge in [-0.2, -0.15) is 0 Å². The van der Waals surface area contributed by atoms with E-state index in [1.807, 2.05) is 12.1 Å². The largest absolute Gasteiger partial charge is 0.548 e. The second-order valence-electron chi connectivity index (χ2n) is 9.30. The van der Waals surface area contributed by atoms with Gasteiger partial charge >= 0.3 is 6.09 Å². The van der Waals surface area contributed by atoms with Gasteiger partial charge in [-0.05, 0) is 72.3 Å². The number of hydrogen-bond donors (Lipinski definition) is 0. The molecule has 0 saturated carbocycles. The molecule has 2 aromatic rings. The molecule has 0 spiro atoms. The predicted molar refractivity (Wildman–Crippen MR) is 121 cm³/mol. The zero-order chi connectivity index (χ0) is 23.0. The van der Waals surface area contributed by atoms with Crippen LogP contribution in [0.2, 0.25) is 0 Å². The van der Waals surface area contributed by atoms with Crippen molar-refractivity contribution in [2.75, 3.05) is 19.6 Å². The van der Waals surface area contributed by atoms with E-state index in [0.717, 1.165) is 34.1 Å². The molecule has 1 saturated heterocycles. The van der Waals surface area contributed by atoms with Gasteiger partial charge in [0.15, 0.2) is 0 Å². The first-order valence-electron chi connectivity index (χ1n) is 10.8. The van der Waals surface area contributed by atoms with Crippen LogP contribution in [0.15, 0.2) is 41.0 Å². The normalized spacial score (nSPS) is 21.3. The maximum Gasteiger partial charge on any atom is 0.410 e. The van der Waals surface area contributed by atoms with Gasteiger partial charge in [0.25, 0.3) is 0 Å². The predicted octanol–water partition coefficient (Wildman–Crippen LogP) is 2.70. The molecular formula is C24H27BrN3O4-. The molecule has 8 heteroatoms. The van der Waals surface area contributed by atoms with Gasteiger partial charge in [-0.25, -0.2) is 4.79 Å². The van der Waals surface area contributed by atoms with Crippen molar-refractivity contribution in [3.8, 4) is 0 Å². The maximum atomic E-state index is 12.7. The third-order valence-electron chi connectivity index (χ3n) is 5.92. The molecule has 32 heavy (non-hydrogen) atoms. The number of rotatable bonds is 2. The Morgan fingerprint density at radius 3 is 2.59 bits per heavy atom. The molecule has 1 aromatic carbocycles. The van der Waals surface area contributed by atoms with E-state index in [2.05, 4.69) is 39.0 Å². The van der Waals surface area contributed by atoms with Gasteiger partial charge in [0.2, 0.25) is 0 Å². The summed E-state index contributed by atoms with van der Waals surface area (Å²) in [4.78, 5) is 32.9. The van der Waals surface area contributed by atoms with Crippen molar-refractivity contribution < 1.29 is 19.4 Å². The molecule has 0 radical (unpaired) electrons. The fraction of sp³-hybridized carbons (Fsp3) is 0.458. The standard InChI is InChI=1S/C24H28BrN3O4/c1-24(2,3)32-23(31)28-11-10-27(14-19(28)22(29)30)21-18-7-5-4-6-15(18)8-9-16-12-17(25)13-26-20(16)21/h4-7,12-13,19,21H,8-11,14H2,1-3H3,(H,29,30)/p-1/t19-,21?/m1/s1. The van der Waals surface area contributed by atoms with E-state index < -0.39 is 23.7 Å². The van der Waals surface area contributed by atoms with Crippen molar-refractivity contribution in [2.24, 2.45) is 0 Å². The molecule has 2 heterocycles. The summed E-state index contributed by atoms with van der Waals surface area (Å²) < 4.78 is 6.36. The van der Waals surface area contributed by atoms with Gasteiger partial charge in [0.1, 0.15) is 5.60 Å². The number of carbonyl (C=O) groups excluding carboxylic acids is 2. The smallest absolute Gasteiger partial charge is 0.410 e. The van der Waals surface area contributed by atoms with Gasteiger partial charge in [0.05, 0.1) is 23.7 Å². The molecular weight excluding hydrogens is 474 g/mol. The summed E-state index contributed by atoms with van der Waals surface area (Å²) in [6.07, 6.45) is 2.90. The van der Waals surface area contributed by atoms with Crippen LogP contribution < -0.4 is 5.11 Å². The van der Waals surface area contributed by atoms with Crippen molar-refractivity contribution in [2.45, 2.75) is 51.3 Å². The van der Waals surface area contributed by atoms with Crippen LogP contribution in [0.4, 0.5) is 4.79 Å². The zero-order valence-electron chi connectivity index (χ0n) is 18.5. The number of aryl methyl sites for hydroxylation is 2. The number of nitrogens with zero attached hydrogens (tertiary/aromatic N) is 3. The number of benzene rings is 1. The highest BCUT2D eigenvalue weighted by molar-refractivity contribution is 9.10. The molecule has 2 atom stereocenters. The molecule has 2 aliphatic rings. The Morgan fingerprint density at radius 1 is 1.16 bits per heavy atom. The van der Waals surface area contributed by atoms with Gasteiger partial charge in [0, 0.05) is 30.3 Å². The Hall–Kier alpha value is -2.45. The lowest BCUT2D eigenvalue weighted by atomic mass is 9.95. The Labute approximate surface area is 196 Å². The second kappa shape index (κ2) is 8.83. The summed E-state index contributed by atoms with van der Waals surface area (Å²) in [6, 6.07) is 9.04. The molecule has 1 amide bonds. The quantitative estimate of drug-likeness (QED) is 0.629. The average Bonchev–Trinajstić information content (AvgIpc) is 2.88. The van der Waals surface area contributed by atoms with Crippen LogP contribution in [0, 0.1) is 0 Å². The molecule has 1 aliphatic carbocycles. The first-order valence-corrected chi connectivity index (χ1v) is 11.6. The maximum absolute atomic E-state index is 12.7. The van der Waals surface area contributed by atoms with Crippen molar-refractivity contribution >= 4 is 28.0 Å². The van der Waals surface area contributed by atoms with Gasteiger partial charge < -0.3 is 14.6 Å². The van der Waals surface area contributed by atoms with Crippen LogP contribution in [-0.2, 0) is 22.4 Å². The van der Waals surface area contributed by atoms with E-state index in [4.69, 9.17) is 9.72 Å². The number of halogens is 1. The van der Waals surface area contributed by atoms with Crippen molar-refractivity contribution in [1.29, 1.82) is 0 Å². The SMILES string of the molecule is CC(C)(C)OC(=O)N1CCN(C2c3ccccc3CCc3cc(Br)cnc32)C[C@@H]1C(=O)[O-]. The fourth-order valence-electron chi connectivity index (χ4n) is 4.53. The summed E-state index contributed by atoms with van der Waals surface area (Å²) >= 11 is 3.52. The molecule has 7 nitrogen and oxygen atoms in total. The minimum absolute atomic E-state index is 0.137. The third-order valence-corrected chi connectivity index (χ3v) is 6.35. The summed E-state index contributed by atoms with van der Waals surface area (Å²) in [5, 5.41) is 12.1. The van der Waals surface area contributed by atoms with E-state index in [1.54, 1.807) is 27.0 Å². The molecule has 1 aromatic heterocycles. The molecule has 1 fully saturated rings. The number of aromatic nitrogens is 1. The van der Waals surface area contributed by atoms with Crippen LogP contribution >= 0.6 is 15.9 Å². The molecule has 1 aliphatic heterocycles. The second-order valence-corrected chi connectivity index (χ2v) is 10.2. The van der Waals surface area contributed by atoms with Crippen LogP contribution in [0.3, 0.4) is 0 Å². The van der Waals surface area contributed by atoms with Crippen molar-refractivity contribution in [3.05, 3.63) is 63.4 Å². The highest BCUT2D eigenvalue weighted by Crippen LogP contribution is 2.37. The van der Waals surface area contributed by atoms with E-state index in [9.17, 15) is 14.7 Å². The summed E-state index contributed by atoms with van der Waals surface area (Å²) in [5.41, 5.74) is 3.72. The van der Waals surface area contributed by atoms with Gasteiger partial charge in [-0.3, -0.25) is 14.8 Å². The number of ether oxygens (including phenoxy) is 1. The number of piperazine rings is 1. The van der Waals surface area contributed by atoms with E-state index in [-0.39, 0.29) is 19.1 Å². The molecule has 0 bridgehead atoms. The lowest BCUT2D eigenvalue weighted by Gasteiger charge is -2.45. The molecule has 1 unspecified atom stereocenters. The average molecular weight is 501 g/mol. The summed E-state index contributed by atoms with van der Waals surface area (Å²) in [6.45, 7) is 6.16. The monoisotopic (exact) mass is 500 g/mol. The first kappa shape index (κ1) is 22.7. The number of fused-ring (bicyclic) bond motifs is 2. The Kier molecular flexibility index (Phi) is 6.27. The summed E-state index contributed by atoms with van der Waals surface area (Å²) in [7, 11) is 0. The van der Waals surface area contributed by atoms with Crippen LogP contribution in [-0.4, -0.2) is 58.1 Å². The number of pyridine rings is 1. The first-order chi connectivity index (χ1) is 15.1. The van der Waals surface area contributed by atoms with E-state index >= 15 is 0 Å². The zero-order valence-corrected chi connectivity index (χ0v) is 20.1. The van der Waals surface area contributed by atoms with Crippen LogP contribution in [0.25, 0.3) is 0 Å². The van der Waals surface area contributed by atoms with Gasteiger partial charge in [-0.15, -0.1) is 0 Å².